The Morgan fingerprint density at radius 1 is 1.38 bits per heavy atom. The highest BCUT2D eigenvalue weighted by atomic mass is 16.3. The van der Waals surface area contributed by atoms with Gasteiger partial charge in [-0.15, -0.1) is 6.58 Å². The maximum absolute atomic E-state index is 9.23. The van der Waals surface area contributed by atoms with Crippen molar-refractivity contribution in [2.24, 2.45) is 5.92 Å². The molecule has 1 rings (SSSR count). The van der Waals surface area contributed by atoms with Crippen molar-refractivity contribution in [3.63, 3.8) is 0 Å². The van der Waals surface area contributed by atoms with Gasteiger partial charge < -0.3 is 5.11 Å². The highest BCUT2D eigenvalue weighted by Crippen LogP contribution is 2.24. The van der Waals surface area contributed by atoms with Crippen LogP contribution in [0.5, 0.6) is 0 Å². The number of rotatable bonds is 4. The van der Waals surface area contributed by atoms with Crippen molar-refractivity contribution in [2.45, 2.75) is 12.8 Å². The maximum Gasteiger partial charge on any atom is 0.0505 e. The Morgan fingerprint density at radius 2 is 2.00 bits per heavy atom. The highest BCUT2D eigenvalue weighted by Gasteiger charge is 2.14. The predicted octanol–water partition coefficient (Wildman–Crippen LogP) is 2.58. The van der Waals surface area contributed by atoms with E-state index in [-0.39, 0.29) is 12.5 Å². The van der Waals surface area contributed by atoms with Gasteiger partial charge in [0.2, 0.25) is 0 Å². The van der Waals surface area contributed by atoms with Gasteiger partial charge in [-0.05, 0) is 11.5 Å². The average Bonchev–Trinajstić information content (AvgIpc) is 2.20. The molecule has 1 heteroatoms. The van der Waals surface area contributed by atoms with Gasteiger partial charge in [0.05, 0.1) is 6.61 Å². The molecule has 0 radical (unpaired) electrons. The summed E-state index contributed by atoms with van der Waals surface area (Å²) in [7, 11) is 0. The molecular weight excluding hydrogens is 160 g/mol. The highest BCUT2D eigenvalue weighted by molar-refractivity contribution is 5.21. The second-order valence-corrected chi connectivity index (χ2v) is 3.29. The molecule has 0 bridgehead atoms. The zero-order valence-electron chi connectivity index (χ0n) is 7.98. The van der Waals surface area contributed by atoms with Crippen molar-refractivity contribution in [1.29, 1.82) is 0 Å². The van der Waals surface area contributed by atoms with E-state index in [1.807, 2.05) is 36.4 Å². The topological polar surface area (TPSA) is 20.2 Å². The van der Waals surface area contributed by atoms with Crippen molar-refractivity contribution in [3.05, 3.63) is 48.6 Å². The summed E-state index contributed by atoms with van der Waals surface area (Å²) in [6, 6.07) is 10.1. The SMILES string of the molecule is C=CC(C)C(CO)c1ccccc1. The largest absolute Gasteiger partial charge is 0.396 e. The van der Waals surface area contributed by atoms with Crippen LogP contribution in [0.3, 0.4) is 0 Å². The lowest BCUT2D eigenvalue weighted by Gasteiger charge is -2.18. The number of aliphatic hydroxyl groups excluding tert-OH is 1. The van der Waals surface area contributed by atoms with Crippen molar-refractivity contribution >= 4 is 0 Å². The molecule has 0 heterocycles. The van der Waals surface area contributed by atoms with Gasteiger partial charge in [0.15, 0.2) is 0 Å². The standard InChI is InChI=1S/C12H16O/c1-3-10(2)12(9-13)11-7-5-4-6-8-11/h3-8,10,12-13H,1,9H2,2H3. The van der Waals surface area contributed by atoms with E-state index in [0.717, 1.165) is 0 Å². The summed E-state index contributed by atoms with van der Waals surface area (Å²) in [5.41, 5.74) is 1.18. The summed E-state index contributed by atoms with van der Waals surface area (Å²) in [6.45, 7) is 5.99. The van der Waals surface area contributed by atoms with Gasteiger partial charge in [0, 0.05) is 5.92 Å². The number of benzene rings is 1. The first-order valence-corrected chi connectivity index (χ1v) is 4.58. The molecule has 1 aromatic rings. The van der Waals surface area contributed by atoms with Gasteiger partial charge in [0.1, 0.15) is 0 Å². The summed E-state index contributed by atoms with van der Waals surface area (Å²) in [5, 5.41) is 9.23. The number of aliphatic hydroxyl groups is 1. The fourth-order valence-electron chi connectivity index (χ4n) is 1.44. The van der Waals surface area contributed by atoms with E-state index in [4.69, 9.17) is 0 Å². The van der Waals surface area contributed by atoms with Gasteiger partial charge in [-0.2, -0.15) is 0 Å². The minimum Gasteiger partial charge on any atom is -0.396 e. The minimum atomic E-state index is 0.178. The van der Waals surface area contributed by atoms with E-state index >= 15 is 0 Å². The molecule has 1 N–H and O–H groups in total. The molecule has 1 aromatic carbocycles. The fourth-order valence-corrected chi connectivity index (χ4v) is 1.44. The first-order valence-electron chi connectivity index (χ1n) is 4.58. The normalized spacial score (nSPS) is 14.9. The third kappa shape index (κ3) is 2.43. The average molecular weight is 176 g/mol. The molecule has 70 valence electrons. The van der Waals surface area contributed by atoms with E-state index < -0.39 is 0 Å². The summed E-state index contributed by atoms with van der Waals surface area (Å²) in [6.07, 6.45) is 1.88. The van der Waals surface area contributed by atoms with Crippen LogP contribution in [0.15, 0.2) is 43.0 Å². The molecule has 2 atom stereocenters. The number of hydrogen-bond acceptors (Lipinski definition) is 1. The Balaban J connectivity index is 2.84. The Kier molecular flexibility index (Phi) is 3.71. The third-order valence-electron chi connectivity index (χ3n) is 2.43. The minimum absolute atomic E-state index is 0.178. The van der Waals surface area contributed by atoms with Crippen LogP contribution in [0.25, 0.3) is 0 Å². The van der Waals surface area contributed by atoms with Gasteiger partial charge in [-0.3, -0.25) is 0 Å². The van der Waals surface area contributed by atoms with Crippen LogP contribution in [0.1, 0.15) is 18.4 Å². The Bertz CT molecular complexity index is 253. The first kappa shape index (κ1) is 10.0. The van der Waals surface area contributed by atoms with Crippen molar-refractivity contribution < 1.29 is 5.11 Å². The summed E-state index contributed by atoms with van der Waals surface area (Å²) in [4.78, 5) is 0. The number of hydrogen-bond donors (Lipinski definition) is 1. The zero-order chi connectivity index (χ0) is 9.68. The van der Waals surface area contributed by atoms with Gasteiger partial charge in [-0.1, -0.05) is 43.3 Å². The monoisotopic (exact) mass is 176 g/mol. The molecule has 1 nitrogen and oxygen atoms in total. The molecule has 0 aliphatic carbocycles. The third-order valence-corrected chi connectivity index (χ3v) is 2.43. The van der Waals surface area contributed by atoms with Gasteiger partial charge >= 0.3 is 0 Å². The molecule has 2 unspecified atom stereocenters. The summed E-state index contributed by atoms with van der Waals surface area (Å²) >= 11 is 0. The van der Waals surface area contributed by atoms with Crippen molar-refractivity contribution in [3.8, 4) is 0 Å². The van der Waals surface area contributed by atoms with Crippen LogP contribution >= 0.6 is 0 Å². The molecule has 0 aliphatic rings. The van der Waals surface area contributed by atoms with E-state index in [2.05, 4.69) is 13.5 Å². The van der Waals surface area contributed by atoms with Crippen LogP contribution in [-0.2, 0) is 0 Å². The second-order valence-electron chi connectivity index (χ2n) is 3.29. The molecular formula is C12H16O. The molecule has 0 amide bonds. The maximum atomic E-state index is 9.23. The molecule has 0 saturated heterocycles. The zero-order valence-corrected chi connectivity index (χ0v) is 7.98. The fraction of sp³-hybridized carbons (Fsp3) is 0.333. The smallest absolute Gasteiger partial charge is 0.0505 e. The molecule has 0 fully saturated rings. The molecule has 13 heavy (non-hydrogen) atoms. The summed E-state index contributed by atoms with van der Waals surface area (Å²) in [5.74, 6) is 0.492. The van der Waals surface area contributed by atoms with Crippen LogP contribution in [0.4, 0.5) is 0 Å². The van der Waals surface area contributed by atoms with Crippen LogP contribution in [0, 0.1) is 5.92 Å². The lowest BCUT2D eigenvalue weighted by atomic mass is 9.88. The van der Waals surface area contributed by atoms with Crippen molar-refractivity contribution in [2.75, 3.05) is 6.61 Å². The molecule has 0 aromatic heterocycles. The Labute approximate surface area is 79.7 Å². The van der Waals surface area contributed by atoms with Gasteiger partial charge in [-0.25, -0.2) is 0 Å². The quantitative estimate of drug-likeness (QED) is 0.699. The van der Waals surface area contributed by atoms with Crippen LogP contribution in [0.2, 0.25) is 0 Å². The van der Waals surface area contributed by atoms with Crippen LogP contribution in [-0.4, -0.2) is 11.7 Å². The molecule has 0 aliphatic heterocycles. The van der Waals surface area contributed by atoms with Gasteiger partial charge in [0.25, 0.3) is 0 Å². The van der Waals surface area contributed by atoms with Crippen LogP contribution < -0.4 is 0 Å². The van der Waals surface area contributed by atoms with E-state index in [1.165, 1.54) is 5.56 Å². The Morgan fingerprint density at radius 3 is 2.46 bits per heavy atom. The molecule has 0 saturated carbocycles. The predicted molar refractivity (Wildman–Crippen MR) is 55.6 cm³/mol. The van der Waals surface area contributed by atoms with E-state index in [0.29, 0.717) is 5.92 Å². The Hall–Kier alpha value is -1.08. The summed E-state index contributed by atoms with van der Waals surface area (Å²) < 4.78 is 0. The lowest BCUT2D eigenvalue weighted by Crippen LogP contribution is -2.11. The van der Waals surface area contributed by atoms with E-state index in [1.54, 1.807) is 0 Å². The van der Waals surface area contributed by atoms with E-state index in [9.17, 15) is 5.11 Å². The lowest BCUT2D eigenvalue weighted by molar-refractivity contribution is 0.245. The second kappa shape index (κ2) is 4.83. The first-order chi connectivity index (χ1) is 6.29. The van der Waals surface area contributed by atoms with Crippen molar-refractivity contribution in [1.82, 2.24) is 0 Å². The number of allylic oxidation sites excluding steroid dienone is 1. The molecule has 0 spiro atoms.